The number of pyridine rings is 4. The molecule has 7 nitrogen and oxygen atoms in total. The summed E-state index contributed by atoms with van der Waals surface area (Å²) in [6, 6.07) is 99.3. The van der Waals surface area contributed by atoms with Crippen LogP contribution in [0.5, 0.6) is 0 Å². The highest BCUT2D eigenvalue weighted by molar-refractivity contribution is 6.13. The van der Waals surface area contributed by atoms with E-state index in [0.29, 0.717) is 83.8 Å². The molecule has 0 amide bonds. The third-order valence-electron chi connectivity index (χ3n) is 17.2. The highest BCUT2D eigenvalue weighted by Gasteiger charge is 2.40. The third kappa shape index (κ3) is 10.0. The first kappa shape index (κ1) is 55.0. The quantitative estimate of drug-likeness (QED) is 0.129. The maximum absolute atomic E-state index is 17.8. The van der Waals surface area contributed by atoms with Gasteiger partial charge in [-0.2, -0.15) is 18.4 Å². The fourth-order valence-electron chi connectivity index (χ4n) is 12.8. The SMILES string of the molecule is N#Cc1cccc(-c2cc(-n3c4cc(-c5cccc(-c6ccccc6)n5)ccc4c4ccc(-c5cccc(-c6ccccc6)n5)cc43)c(C(F)(F)F)c(-n3c4cc(-c5cccc(-c6ccccc6)n5)ccc4c4ccc(-c5cccc(-c6ccccc6)n5)cc43)c2)c1. The lowest BCUT2D eigenvalue weighted by atomic mass is 9.97. The molecule has 16 rings (SSSR count). The molecule has 0 unspecified atom stereocenters. The molecular formula is C82H50F3N7. The first-order chi connectivity index (χ1) is 45.2. The normalized spacial score (nSPS) is 11.6. The first-order valence-corrected chi connectivity index (χ1v) is 30.2. The first-order valence-electron chi connectivity index (χ1n) is 30.2. The van der Waals surface area contributed by atoms with Gasteiger partial charge in [0.2, 0.25) is 0 Å². The van der Waals surface area contributed by atoms with E-state index in [0.717, 1.165) is 66.6 Å². The van der Waals surface area contributed by atoms with Gasteiger partial charge in [-0.25, -0.2) is 19.9 Å². The second-order valence-electron chi connectivity index (χ2n) is 22.8. The predicted octanol–water partition coefficient (Wildman–Crippen LogP) is 21.4. The number of alkyl halides is 3. The summed E-state index contributed by atoms with van der Waals surface area (Å²) in [4.78, 5) is 20.6. The Labute approximate surface area is 527 Å². The summed E-state index contributed by atoms with van der Waals surface area (Å²) in [6.07, 6.45) is -5.01. The van der Waals surface area contributed by atoms with Crippen LogP contribution >= 0.6 is 0 Å². The maximum Gasteiger partial charge on any atom is 0.420 e. The van der Waals surface area contributed by atoms with Gasteiger partial charge in [-0.1, -0.05) is 206 Å². The zero-order valence-electron chi connectivity index (χ0n) is 49.1. The van der Waals surface area contributed by atoms with Crippen molar-refractivity contribution in [1.82, 2.24) is 29.1 Å². The molecule has 0 saturated heterocycles. The molecule has 0 aliphatic heterocycles. The van der Waals surface area contributed by atoms with Crippen LogP contribution in [-0.4, -0.2) is 29.1 Å². The third-order valence-corrected chi connectivity index (χ3v) is 17.2. The van der Waals surface area contributed by atoms with Gasteiger partial charge in [0.25, 0.3) is 0 Å². The van der Waals surface area contributed by atoms with Crippen molar-refractivity contribution >= 4 is 43.6 Å². The molecule has 0 atom stereocenters. The summed E-state index contributed by atoms with van der Waals surface area (Å²) in [7, 11) is 0. The van der Waals surface area contributed by atoms with Gasteiger partial charge >= 0.3 is 6.18 Å². The van der Waals surface area contributed by atoms with Crippen LogP contribution in [0.4, 0.5) is 13.2 Å². The number of halogens is 3. The van der Waals surface area contributed by atoms with Crippen LogP contribution in [0.15, 0.2) is 303 Å². The molecule has 0 fully saturated rings. The molecule has 6 aromatic heterocycles. The van der Waals surface area contributed by atoms with Crippen molar-refractivity contribution < 1.29 is 13.2 Å². The lowest BCUT2D eigenvalue weighted by molar-refractivity contribution is -0.137. The van der Waals surface area contributed by atoms with Crippen LogP contribution in [0, 0.1) is 11.3 Å². The Morgan fingerprint density at radius 1 is 0.261 bits per heavy atom. The molecular weight excluding hydrogens is 1140 g/mol. The molecule has 434 valence electrons. The van der Waals surface area contributed by atoms with E-state index in [9.17, 15) is 5.26 Å². The zero-order chi connectivity index (χ0) is 61.9. The van der Waals surface area contributed by atoms with Crippen LogP contribution in [0.1, 0.15) is 11.1 Å². The number of aromatic nitrogens is 6. The topological polar surface area (TPSA) is 85.2 Å². The lowest BCUT2D eigenvalue weighted by Gasteiger charge is -2.23. The smallest absolute Gasteiger partial charge is 0.308 e. The molecule has 10 aromatic carbocycles. The van der Waals surface area contributed by atoms with Gasteiger partial charge in [0, 0.05) is 66.1 Å². The van der Waals surface area contributed by atoms with E-state index in [1.165, 1.54) is 0 Å². The van der Waals surface area contributed by atoms with Gasteiger partial charge in [-0.3, -0.25) is 0 Å². The molecule has 92 heavy (non-hydrogen) atoms. The molecule has 16 aromatic rings. The average molecular weight is 1190 g/mol. The fraction of sp³-hybridized carbons (Fsp3) is 0.0122. The summed E-state index contributed by atoms with van der Waals surface area (Å²) < 4.78 is 57.0. The summed E-state index contributed by atoms with van der Waals surface area (Å²) in [5.74, 6) is 0. The van der Waals surface area contributed by atoms with E-state index in [2.05, 4.69) is 6.07 Å². The number of fused-ring (bicyclic) bond motifs is 6. The van der Waals surface area contributed by atoms with Gasteiger partial charge in [0.05, 0.1) is 90.6 Å². The van der Waals surface area contributed by atoms with Gasteiger partial charge in [-0.15, -0.1) is 0 Å². The molecule has 0 bridgehead atoms. The molecule has 6 heterocycles. The van der Waals surface area contributed by atoms with Gasteiger partial charge in [-0.05, 0) is 108 Å². The highest BCUT2D eigenvalue weighted by Crippen LogP contribution is 2.48. The van der Waals surface area contributed by atoms with E-state index in [-0.39, 0.29) is 11.4 Å². The van der Waals surface area contributed by atoms with Crippen LogP contribution in [0.25, 0.3) is 156 Å². The minimum absolute atomic E-state index is 0.129. The molecule has 0 N–H and O–H groups in total. The Balaban J connectivity index is 1.02. The Morgan fingerprint density at radius 3 is 0.815 bits per heavy atom. The zero-order valence-corrected chi connectivity index (χ0v) is 49.1. The average Bonchev–Trinajstić information content (AvgIpc) is 1.53. The Hall–Kier alpha value is -12.3. The van der Waals surface area contributed by atoms with Crippen LogP contribution in [0.3, 0.4) is 0 Å². The molecule has 0 saturated carbocycles. The van der Waals surface area contributed by atoms with E-state index in [4.69, 9.17) is 19.9 Å². The summed E-state index contributed by atoms with van der Waals surface area (Å²) in [6.45, 7) is 0. The van der Waals surface area contributed by atoms with Crippen molar-refractivity contribution in [3.8, 4) is 119 Å². The van der Waals surface area contributed by atoms with Gasteiger partial charge < -0.3 is 9.13 Å². The van der Waals surface area contributed by atoms with Crippen molar-refractivity contribution in [2.75, 3.05) is 0 Å². The van der Waals surface area contributed by atoms with Crippen LogP contribution in [-0.2, 0) is 6.18 Å². The minimum Gasteiger partial charge on any atom is -0.308 e. The van der Waals surface area contributed by atoms with Crippen molar-refractivity contribution in [3.63, 3.8) is 0 Å². The van der Waals surface area contributed by atoms with Crippen LogP contribution < -0.4 is 0 Å². The molecule has 0 aliphatic carbocycles. The minimum atomic E-state index is -5.01. The molecule has 10 heteroatoms. The Bertz CT molecular complexity index is 4990. The number of hydrogen-bond donors (Lipinski definition) is 0. The molecule has 0 aliphatic rings. The second-order valence-corrected chi connectivity index (χ2v) is 22.8. The summed E-state index contributed by atoms with van der Waals surface area (Å²) in [5, 5.41) is 13.3. The van der Waals surface area contributed by atoms with E-state index in [1.807, 2.05) is 273 Å². The van der Waals surface area contributed by atoms with Crippen molar-refractivity contribution in [2.24, 2.45) is 0 Å². The number of hydrogen-bond acceptors (Lipinski definition) is 5. The van der Waals surface area contributed by atoms with Crippen LogP contribution in [0.2, 0.25) is 0 Å². The number of nitrogens with zero attached hydrogens (tertiary/aromatic N) is 7. The largest absolute Gasteiger partial charge is 0.420 e. The highest BCUT2D eigenvalue weighted by atomic mass is 19.4. The number of benzene rings is 10. The fourth-order valence-corrected chi connectivity index (χ4v) is 12.8. The Morgan fingerprint density at radius 2 is 0.533 bits per heavy atom. The lowest BCUT2D eigenvalue weighted by Crippen LogP contribution is -2.16. The van der Waals surface area contributed by atoms with Gasteiger partial charge in [0.15, 0.2) is 0 Å². The summed E-state index contributed by atoms with van der Waals surface area (Å²) >= 11 is 0. The predicted molar refractivity (Wildman–Crippen MR) is 365 cm³/mol. The molecule has 0 radical (unpaired) electrons. The van der Waals surface area contributed by atoms with E-state index < -0.39 is 11.7 Å². The van der Waals surface area contributed by atoms with Crippen molar-refractivity contribution in [2.45, 2.75) is 6.18 Å². The Kier molecular flexibility index (Phi) is 13.6. The molecule has 0 spiro atoms. The number of nitriles is 1. The van der Waals surface area contributed by atoms with Gasteiger partial charge in [0.1, 0.15) is 5.56 Å². The van der Waals surface area contributed by atoms with Crippen molar-refractivity contribution in [1.29, 1.82) is 5.26 Å². The van der Waals surface area contributed by atoms with E-state index in [1.54, 1.807) is 39.5 Å². The monoisotopic (exact) mass is 1190 g/mol. The second kappa shape index (κ2) is 22.7. The standard InChI is InChI=1S/C82H50F3N7/c83-82(84,85)81-79(91-75-45-58(71-32-14-28-67(87-71)53-19-5-1-6-20-53)36-40-63(75)64-41-37-59(46-76(64)91)72-33-15-29-68(88-72)54-21-7-2-8-22-54)49-62(57-27-13-18-52(44-57)51-86)50-80(81)92-77-47-60(73-34-16-30-69(89-73)55-23-9-3-10-24-55)38-42-65(77)66-43-39-61(48-78(66)92)74-35-17-31-70(90-74)56-25-11-4-12-26-56/h1-50H. The van der Waals surface area contributed by atoms with E-state index >= 15 is 13.2 Å². The van der Waals surface area contributed by atoms with Crippen molar-refractivity contribution in [3.05, 3.63) is 314 Å². The maximum atomic E-state index is 17.8. The summed E-state index contributed by atoms with van der Waals surface area (Å²) in [5.41, 5.74) is 14.5. The number of rotatable bonds is 11.